The average Bonchev–Trinajstić information content (AvgIpc) is 2.76. The Balaban J connectivity index is 2.36. The van der Waals surface area contributed by atoms with Crippen LogP contribution in [0.4, 0.5) is 0 Å². The summed E-state index contributed by atoms with van der Waals surface area (Å²) in [5, 5.41) is 0. The largest absolute Gasteiger partial charge is 0.493 e. The molecule has 0 unspecified atom stereocenters. The highest BCUT2D eigenvalue weighted by atomic mass is 79.9. The molecule has 4 nitrogen and oxygen atoms in total. The standard InChI is InChI=1S/C16H18BrNO3S2/c1-9(2)8-18-15(19)14(23-16(18)22)6-10-5-12(20-3)13(21-4)7-11(10)17/h5-7,9H,8H2,1-4H3. The fraction of sp³-hybridized carbons (Fsp3) is 0.375. The van der Waals surface area contributed by atoms with E-state index in [1.807, 2.05) is 18.2 Å². The van der Waals surface area contributed by atoms with Gasteiger partial charge in [0.15, 0.2) is 11.5 Å². The van der Waals surface area contributed by atoms with Crippen molar-refractivity contribution in [1.82, 2.24) is 4.90 Å². The predicted octanol–water partition coefficient (Wildman–Crippen LogP) is 4.32. The van der Waals surface area contributed by atoms with Gasteiger partial charge in [-0.25, -0.2) is 0 Å². The molecule has 0 atom stereocenters. The highest BCUT2D eigenvalue weighted by molar-refractivity contribution is 9.10. The van der Waals surface area contributed by atoms with Crippen molar-refractivity contribution >= 4 is 56.2 Å². The SMILES string of the molecule is COc1cc(Br)c(C=C2SC(=S)N(CC(C)C)C2=O)cc1OC. The minimum absolute atomic E-state index is 0.0459. The summed E-state index contributed by atoms with van der Waals surface area (Å²) in [6, 6.07) is 3.65. The lowest BCUT2D eigenvalue weighted by atomic mass is 10.1. The lowest BCUT2D eigenvalue weighted by Crippen LogP contribution is -2.31. The van der Waals surface area contributed by atoms with Crippen LogP contribution >= 0.6 is 39.9 Å². The number of carbonyl (C=O) groups is 1. The Bertz CT molecular complexity index is 674. The summed E-state index contributed by atoms with van der Waals surface area (Å²) < 4.78 is 12.0. The number of rotatable bonds is 5. The Labute approximate surface area is 154 Å². The average molecular weight is 416 g/mol. The Kier molecular flexibility index (Phi) is 6.11. The number of halogens is 1. The van der Waals surface area contributed by atoms with Crippen LogP contribution < -0.4 is 9.47 Å². The van der Waals surface area contributed by atoms with Crippen molar-refractivity contribution in [3.63, 3.8) is 0 Å². The molecule has 1 heterocycles. The monoisotopic (exact) mass is 415 g/mol. The van der Waals surface area contributed by atoms with Crippen molar-refractivity contribution in [1.29, 1.82) is 0 Å². The molecular weight excluding hydrogens is 398 g/mol. The Morgan fingerprint density at radius 1 is 1.30 bits per heavy atom. The van der Waals surface area contributed by atoms with Crippen LogP contribution in [0.1, 0.15) is 19.4 Å². The normalized spacial score (nSPS) is 16.6. The van der Waals surface area contributed by atoms with Gasteiger partial charge in [0.05, 0.1) is 19.1 Å². The second-order valence-electron chi connectivity index (χ2n) is 5.41. The molecule has 1 aromatic rings. The van der Waals surface area contributed by atoms with Gasteiger partial charge in [0, 0.05) is 11.0 Å². The smallest absolute Gasteiger partial charge is 0.266 e. The molecule has 0 aliphatic carbocycles. The van der Waals surface area contributed by atoms with Crippen LogP contribution in [0.15, 0.2) is 21.5 Å². The topological polar surface area (TPSA) is 38.8 Å². The van der Waals surface area contributed by atoms with E-state index in [2.05, 4.69) is 29.8 Å². The van der Waals surface area contributed by atoms with E-state index in [-0.39, 0.29) is 5.91 Å². The zero-order valence-corrected chi connectivity index (χ0v) is 16.6. The Hall–Kier alpha value is -1.05. The van der Waals surface area contributed by atoms with E-state index in [0.29, 0.717) is 33.2 Å². The first-order valence-electron chi connectivity index (χ1n) is 7.04. The number of hydrogen-bond acceptors (Lipinski definition) is 5. The number of thioether (sulfide) groups is 1. The van der Waals surface area contributed by atoms with Gasteiger partial charge in [-0.05, 0) is 29.7 Å². The molecule has 0 N–H and O–H groups in total. The highest BCUT2D eigenvalue weighted by Crippen LogP contribution is 2.38. The third-order valence-electron chi connectivity index (χ3n) is 3.21. The molecule has 1 aliphatic rings. The van der Waals surface area contributed by atoms with E-state index in [4.69, 9.17) is 21.7 Å². The lowest BCUT2D eigenvalue weighted by Gasteiger charge is -2.16. The van der Waals surface area contributed by atoms with E-state index >= 15 is 0 Å². The van der Waals surface area contributed by atoms with E-state index in [1.165, 1.54) is 11.8 Å². The molecule has 0 saturated carbocycles. The van der Waals surface area contributed by atoms with Crippen LogP contribution in [0.25, 0.3) is 6.08 Å². The van der Waals surface area contributed by atoms with Gasteiger partial charge in [-0.2, -0.15) is 0 Å². The highest BCUT2D eigenvalue weighted by Gasteiger charge is 2.32. The number of ether oxygens (including phenoxy) is 2. The molecule has 2 rings (SSSR count). The maximum absolute atomic E-state index is 12.5. The van der Waals surface area contributed by atoms with Gasteiger partial charge in [0.25, 0.3) is 5.91 Å². The van der Waals surface area contributed by atoms with Gasteiger partial charge in [0.2, 0.25) is 0 Å². The second-order valence-corrected chi connectivity index (χ2v) is 7.94. The van der Waals surface area contributed by atoms with Crippen molar-refractivity contribution in [2.24, 2.45) is 5.92 Å². The van der Waals surface area contributed by atoms with E-state index in [9.17, 15) is 4.79 Å². The molecule has 1 saturated heterocycles. The van der Waals surface area contributed by atoms with Crippen molar-refractivity contribution < 1.29 is 14.3 Å². The fourth-order valence-electron chi connectivity index (χ4n) is 2.14. The van der Waals surface area contributed by atoms with Gasteiger partial charge < -0.3 is 9.47 Å². The molecule has 0 aromatic heterocycles. The number of nitrogens with zero attached hydrogens (tertiary/aromatic N) is 1. The first kappa shape index (κ1) is 18.3. The van der Waals surface area contributed by atoms with E-state index in [1.54, 1.807) is 19.1 Å². The van der Waals surface area contributed by atoms with Gasteiger partial charge in [-0.15, -0.1) is 0 Å². The van der Waals surface area contributed by atoms with Crippen LogP contribution in [0, 0.1) is 5.92 Å². The molecule has 0 bridgehead atoms. The number of benzene rings is 1. The van der Waals surface area contributed by atoms with Gasteiger partial charge in [-0.3, -0.25) is 9.69 Å². The molecule has 23 heavy (non-hydrogen) atoms. The maximum atomic E-state index is 12.5. The quantitative estimate of drug-likeness (QED) is 0.528. The zero-order chi connectivity index (χ0) is 17.1. The van der Waals surface area contributed by atoms with Crippen LogP contribution in [0.5, 0.6) is 11.5 Å². The van der Waals surface area contributed by atoms with Crippen molar-refractivity contribution in [3.8, 4) is 11.5 Å². The summed E-state index contributed by atoms with van der Waals surface area (Å²) in [6.07, 6.45) is 1.83. The number of amides is 1. The summed E-state index contributed by atoms with van der Waals surface area (Å²) >= 11 is 10.1. The molecule has 0 radical (unpaired) electrons. The van der Waals surface area contributed by atoms with Crippen LogP contribution in [0.2, 0.25) is 0 Å². The molecule has 0 spiro atoms. The molecule has 1 aromatic carbocycles. The first-order valence-corrected chi connectivity index (χ1v) is 9.06. The van der Waals surface area contributed by atoms with Gasteiger partial charge in [0.1, 0.15) is 4.32 Å². The van der Waals surface area contributed by atoms with Crippen molar-refractivity contribution in [3.05, 3.63) is 27.1 Å². The Morgan fingerprint density at radius 3 is 2.48 bits per heavy atom. The Morgan fingerprint density at radius 2 is 1.91 bits per heavy atom. The molecule has 124 valence electrons. The predicted molar refractivity (Wildman–Crippen MR) is 102 cm³/mol. The maximum Gasteiger partial charge on any atom is 0.266 e. The fourth-order valence-corrected chi connectivity index (χ4v) is 3.85. The molecule has 7 heteroatoms. The summed E-state index contributed by atoms with van der Waals surface area (Å²) in [5.74, 6) is 1.56. The molecule has 1 fully saturated rings. The number of thiocarbonyl (C=S) groups is 1. The van der Waals surface area contributed by atoms with Crippen LogP contribution in [-0.4, -0.2) is 35.9 Å². The number of hydrogen-bond donors (Lipinski definition) is 0. The summed E-state index contributed by atoms with van der Waals surface area (Å²) in [7, 11) is 3.17. The second kappa shape index (κ2) is 7.68. The third-order valence-corrected chi connectivity index (χ3v) is 5.28. The molecular formula is C16H18BrNO3S2. The van der Waals surface area contributed by atoms with E-state index in [0.717, 1.165) is 10.0 Å². The summed E-state index contributed by atoms with van der Waals surface area (Å²) in [5.41, 5.74) is 0.840. The van der Waals surface area contributed by atoms with Crippen molar-refractivity contribution in [2.75, 3.05) is 20.8 Å². The van der Waals surface area contributed by atoms with Gasteiger partial charge in [-0.1, -0.05) is 53.8 Å². The lowest BCUT2D eigenvalue weighted by molar-refractivity contribution is -0.122. The van der Waals surface area contributed by atoms with Crippen molar-refractivity contribution in [2.45, 2.75) is 13.8 Å². The minimum Gasteiger partial charge on any atom is -0.493 e. The van der Waals surface area contributed by atoms with Gasteiger partial charge >= 0.3 is 0 Å². The van der Waals surface area contributed by atoms with Crippen LogP contribution in [0.3, 0.4) is 0 Å². The third kappa shape index (κ3) is 4.08. The molecule has 1 aliphatic heterocycles. The minimum atomic E-state index is -0.0459. The zero-order valence-electron chi connectivity index (χ0n) is 13.4. The number of methoxy groups -OCH3 is 2. The first-order chi connectivity index (χ1) is 10.9. The van der Waals surface area contributed by atoms with Crippen LogP contribution in [-0.2, 0) is 4.79 Å². The summed E-state index contributed by atoms with van der Waals surface area (Å²) in [4.78, 5) is 14.8. The van der Waals surface area contributed by atoms with E-state index < -0.39 is 0 Å². The summed E-state index contributed by atoms with van der Waals surface area (Å²) in [6.45, 7) is 4.76. The molecule has 1 amide bonds. The number of carbonyl (C=O) groups excluding carboxylic acids is 1.